The maximum Gasteiger partial charge on any atom is 0.0895 e. The highest BCUT2D eigenvalue weighted by atomic mass is 32.2. The van der Waals surface area contributed by atoms with E-state index in [0.717, 1.165) is 21.3 Å². The van der Waals surface area contributed by atoms with Crippen LogP contribution in [0.15, 0.2) is 65.8 Å². The van der Waals surface area contributed by atoms with E-state index >= 15 is 0 Å². The van der Waals surface area contributed by atoms with Crippen LogP contribution in [0, 0.1) is 0 Å². The fraction of sp³-hybridized carbons (Fsp3) is 0.400. The fourth-order valence-corrected chi connectivity index (χ4v) is 8.99. The van der Waals surface area contributed by atoms with Gasteiger partial charge in [0.25, 0.3) is 0 Å². The van der Waals surface area contributed by atoms with Gasteiger partial charge in [-0.05, 0) is 48.6 Å². The molecule has 5 heteroatoms. The molecule has 0 atom stereocenters. The summed E-state index contributed by atoms with van der Waals surface area (Å²) < 4.78 is 13.5. The molecule has 0 spiro atoms. The van der Waals surface area contributed by atoms with Crippen LogP contribution in [-0.2, 0) is 10.8 Å². The van der Waals surface area contributed by atoms with Gasteiger partial charge >= 0.3 is 0 Å². The van der Waals surface area contributed by atoms with Gasteiger partial charge in [0.05, 0.1) is 20.6 Å². The van der Waals surface area contributed by atoms with E-state index in [9.17, 15) is 4.21 Å². The van der Waals surface area contributed by atoms with E-state index in [0.29, 0.717) is 0 Å². The third-order valence-corrected chi connectivity index (χ3v) is 10.1. The average Bonchev–Trinajstić information content (AvgIpc) is 2.63. The van der Waals surface area contributed by atoms with Gasteiger partial charge in [-0.1, -0.05) is 49.6 Å². The van der Waals surface area contributed by atoms with E-state index in [1.165, 1.54) is 58.1 Å². The number of thioether (sulfide) groups is 2. The highest BCUT2D eigenvalue weighted by molar-refractivity contribution is 8.03. The minimum absolute atomic E-state index is 1.05. The van der Waals surface area contributed by atoms with Crippen LogP contribution < -0.4 is 0 Å². The Balaban J connectivity index is 1.74. The van der Waals surface area contributed by atoms with Gasteiger partial charge in [-0.2, -0.15) is 0 Å². The van der Waals surface area contributed by atoms with Crippen molar-refractivity contribution < 1.29 is 4.21 Å². The molecule has 0 unspecified atom stereocenters. The molecule has 2 aliphatic rings. The number of hydrogen-bond acceptors (Lipinski definition) is 4. The van der Waals surface area contributed by atoms with Crippen LogP contribution in [0.1, 0.15) is 38.5 Å². The third-order valence-electron chi connectivity index (χ3n) is 4.53. The zero-order valence-corrected chi connectivity index (χ0v) is 17.4. The fourth-order valence-electron chi connectivity index (χ4n) is 3.24. The zero-order chi connectivity index (χ0) is 17.1. The van der Waals surface area contributed by atoms with E-state index in [2.05, 4.69) is 36.4 Å². The summed E-state index contributed by atoms with van der Waals surface area (Å²) in [5.41, 5.74) is 0. The molecule has 25 heavy (non-hydrogen) atoms. The van der Waals surface area contributed by atoms with E-state index in [1.807, 2.05) is 23.5 Å². The van der Waals surface area contributed by atoms with Gasteiger partial charge in [-0.3, -0.25) is 0 Å². The minimum atomic E-state index is -1.07. The van der Waals surface area contributed by atoms with E-state index in [-0.39, 0.29) is 0 Å². The summed E-state index contributed by atoms with van der Waals surface area (Å²) in [6.07, 6.45) is 7.84. The van der Waals surface area contributed by atoms with Gasteiger partial charge in [0.2, 0.25) is 0 Å². The first-order valence-electron chi connectivity index (χ1n) is 8.96. The van der Waals surface area contributed by atoms with Crippen molar-refractivity contribution in [2.75, 3.05) is 11.5 Å². The van der Waals surface area contributed by atoms with E-state index in [4.69, 9.17) is 0 Å². The molecule has 2 bridgehead atoms. The monoisotopic (exact) mass is 406 g/mol. The van der Waals surface area contributed by atoms with Crippen molar-refractivity contribution in [3.63, 3.8) is 0 Å². The Morgan fingerprint density at radius 2 is 1.08 bits per heavy atom. The summed E-state index contributed by atoms with van der Waals surface area (Å²) >= 11 is 5.56. The van der Waals surface area contributed by atoms with Gasteiger partial charge in [-0.15, -0.1) is 23.5 Å². The number of rotatable bonds is 0. The maximum atomic E-state index is 13.5. The Hall–Kier alpha value is -0.360. The predicted octanol–water partition coefficient (Wildman–Crippen LogP) is 6.86. The Morgan fingerprint density at radius 3 is 1.60 bits per heavy atom. The molecule has 0 fully saturated rings. The molecule has 0 aromatic heterocycles. The molecule has 2 heterocycles. The Bertz CT molecular complexity index is 724. The molecule has 1 nitrogen and oxygen atoms in total. The lowest BCUT2D eigenvalue weighted by Gasteiger charge is -2.22. The normalized spacial score (nSPS) is 19.0. The first-order chi connectivity index (χ1) is 12.3. The van der Waals surface area contributed by atoms with Crippen molar-refractivity contribution in [3.8, 4) is 0 Å². The van der Waals surface area contributed by atoms with E-state index < -0.39 is 10.8 Å². The molecule has 0 N–H and O–H groups in total. The molecule has 0 aliphatic carbocycles. The molecule has 2 aromatic rings. The van der Waals surface area contributed by atoms with Gasteiger partial charge in [0.15, 0.2) is 0 Å². The van der Waals surface area contributed by atoms with Crippen LogP contribution in [0.25, 0.3) is 0 Å². The molecule has 0 amide bonds. The number of benzene rings is 2. The zero-order valence-electron chi connectivity index (χ0n) is 14.2. The Labute approximate surface area is 165 Å². The van der Waals surface area contributed by atoms with Crippen LogP contribution in [0.3, 0.4) is 0 Å². The van der Waals surface area contributed by atoms with Crippen molar-refractivity contribution >= 4 is 46.1 Å². The Kier molecular flexibility index (Phi) is 6.17. The summed E-state index contributed by atoms with van der Waals surface area (Å²) in [5.74, 6) is 2.25. The van der Waals surface area contributed by atoms with E-state index in [1.54, 1.807) is 11.8 Å². The molecular formula is C20H22OS4. The summed E-state index contributed by atoms with van der Waals surface area (Å²) in [5, 5.41) is 0. The Morgan fingerprint density at radius 1 is 0.640 bits per heavy atom. The highest BCUT2D eigenvalue weighted by Gasteiger charge is 2.28. The highest BCUT2D eigenvalue weighted by Crippen LogP contribution is 2.48. The molecule has 0 saturated heterocycles. The topological polar surface area (TPSA) is 17.1 Å². The molecule has 0 saturated carbocycles. The largest absolute Gasteiger partial charge is 0.249 e. The SMILES string of the molecule is O=S1c2c3cccc2Sc2cccc(c21)SCCCCCCCCS3. The van der Waals surface area contributed by atoms with Crippen LogP contribution in [0.2, 0.25) is 0 Å². The predicted molar refractivity (Wildman–Crippen MR) is 111 cm³/mol. The molecule has 0 radical (unpaired) electrons. The lowest BCUT2D eigenvalue weighted by molar-refractivity contribution is 0.629. The van der Waals surface area contributed by atoms with Gasteiger partial charge < -0.3 is 0 Å². The number of hydrogen-bond donors (Lipinski definition) is 0. The lowest BCUT2D eigenvalue weighted by atomic mass is 10.1. The quantitative estimate of drug-likeness (QED) is 0.405. The summed E-state index contributed by atoms with van der Waals surface area (Å²) in [6.45, 7) is 0. The molecular weight excluding hydrogens is 384 g/mol. The second-order valence-electron chi connectivity index (χ2n) is 6.36. The van der Waals surface area contributed by atoms with Gasteiger partial charge in [-0.25, -0.2) is 4.21 Å². The molecule has 4 rings (SSSR count). The second kappa shape index (κ2) is 8.55. The first-order valence-corrected chi connectivity index (χ1v) is 12.9. The second-order valence-corrected chi connectivity index (χ2v) is 11.1. The summed E-state index contributed by atoms with van der Waals surface area (Å²) in [4.78, 5) is 6.86. The lowest BCUT2D eigenvalue weighted by Crippen LogP contribution is -2.06. The molecule has 2 aromatic carbocycles. The smallest absolute Gasteiger partial charge is 0.0895 e. The van der Waals surface area contributed by atoms with Crippen molar-refractivity contribution in [1.82, 2.24) is 0 Å². The van der Waals surface area contributed by atoms with Crippen LogP contribution in [0.5, 0.6) is 0 Å². The standard InChI is InChI=1S/C20H22OS4/c21-25-19-15-9-7-11-17(19)24-18-12-8-10-16(20(18)25)23-14-6-4-2-1-3-5-13-22-15/h7-12H,1-6,13-14H2. The minimum Gasteiger partial charge on any atom is -0.249 e. The van der Waals surface area contributed by atoms with Crippen LogP contribution in [0.4, 0.5) is 0 Å². The van der Waals surface area contributed by atoms with Crippen LogP contribution >= 0.6 is 35.3 Å². The van der Waals surface area contributed by atoms with Crippen molar-refractivity contribution in [2.24, 2.45) is 0 Å². The summed E-state index contributed by atoms with van der Waals surface area (Å²) in [6, 6.07) is 12.8. The average molecular weight is 407 g/mol. The van der Waals surface area contributed by atoms with Gasteiger partial charge in [0.1, 0.15) is 0 Å². The first kappa shape index (κ1) is 18.0. The van der Waals surface area contributed by atoms with Crippen molar-refractivity contribution in [2.45, 2.75) is 67.9 Å². The summed E-state index contributed by atoms with van der Waals surface area (Å²) in [7, 11) is -1.07. The third kappa shape index (κ3) is 4.00. The van der Waals surface area contributed by atoms with Crippen molar-refractivity contribution in [1.29, 1.82) is 0 Å². The maximum absolute atomic E-state index is 13.5. The van der Waals surface area contributed by atoms with Crippen LogP contribution in [-0.4, -0.2) is 15.7 Å². The van der Waals surface area contributed by atoms with Crippen molar-refractivity contribution in [3.05, 3.63) is 36.4 Å². The molecule has 2 aliphatic heterocycles. The van der Waals surface area contributed by atoms with Gasteiger partial charge in [0, 0.05) is 19.6 Å². The molecule has 132 valence electrons.